The van der Waals surface area contributed by atoms with Crippen molar-refractivity contribution in [2.24, 2.45) is 0 Å². The van der Waals surface area contributed by atoms with Crippen LogP contribution < -0.4 is 14.8 Å². The van der Waals surface area contributed by atoms with Gasteiger partial charge in [0.2, 0.25) is 0 Å². The van der Waals surface area contributed by atoms with E-state index in [1.807, 2.05) is 0 Å². The van der Waals surface area contributed by atoms with Gasteiger partial charge in [-0.2, -0.15) is 0 Å². The van der Waals surface area contributed by atoms with E-state index in [2.05, 4.69) is 5.32 Å². The molecule has 0 fully saturated rings. The second kappa shape index (κ2) is 6.31. The first-order valence-corrected chi connectivity index (χ1v) is 8.21. The number of hydrogen-bond donors (Lipinski definition) is 1. The van der Waals surface area contributed by atoms with E-state index in [9.17, 15) is 14.9 Å². The van der Waals surface area contributed by atoms with Crippen molar-refractivity contribution in [1.29, 1.82) is 0 Å². The zero-order valence-electron chi connectivity index (χ0n) is 14.6. The number of nitrogens with one attached hydrogen (secondary N) is 1. The Kier molecular flexibility index (Phi) is 3.95. The zero-order chi connectivity index (χ0) is 19.1. The number of ether oxygens (including phenoxy) is 3. The first kappa shape index (κ1) is 16.9. The summed E-state index contributed by atoms with van der Waals surface area (Å²) in [5.41, 5.74) is 2.71. The average molecular weight is 368 g/mol. The van der Waals surface area contributed by atoms with Crippen molar-refractivity contribution in [3.8, 4) is 11.5 Å². The maximum absolute atomic E-state index is 12.4. The van der Waals surface area contributed by atoms with Crippen molar-refractivity contribution in [3.05, 3.63) is 68.9 Å². The minimum Gasteiger partial charge on any atom is -0.493 e. The number of para-hydroxylation sites is 1. The fraction of sp³-hybridized carbons (Fsp3) is 0.211. The third kappa shape index (κ3) is 2.57. The van der Waals surface area contributed by atoms with Crippen molar-refractivity contribution in [1.82, 2.24) is 0 Å². The Bertz CT molecular complexity index is 998. The normalized spacial score (nSPS) is 17.6. The van der Waals surface area contributed by atoms with Crippen molar-refractivity contribution in [2.75, 3.05) is 26.1 Å². The van der Waals surface area contributed by atoms with Crippen LogP contribution in [-0.2, 0) is 9.53 Å². The molecule has 0 saturated carbocycles. The summed E-state index contributed by atoms with van der Waals surface area (Å²) in [6, 6.07) is 9.88. The number of nitro groups is 1. The number of fused-ring (bicyclic) bond motifs is 1. The van der Waals surface area contributed by atoms with Crippen LogP contribution in [-0.4, -0.2) is 31.7 Å². The number of carbonyl (C=O) groups excluding carboxylic acids is 1. The van der Waals surface area contributed by atoms with Gasteiger partial charge in [-0.25, -0.2) is 4.79 Å². The van der Waals surface area contributed by atoms with Crippen LogP contribution in [0.3, 0.4) is 0 Å². The minimum absolute atomic E-state index is 0.0586. The lowest BCUT2D eigenvalue weighted by atomic mass is 9.80. The highest BCUT2D eigenvalue weighted by Crippen LogP contribution is 2.49. The van der Waals surface area contributed by atoms with Gasteiger partial charge >= 0.3 is 5.97 Å². The van der Waals surface area contributed by atoms with Crippen LogP contribution >= 0.6 is 0 Å². The number of esters is 1. The Morgan fingerprint density at radius 2 is 1.85 bits per heavy atom. The molecule has 8 heteroatoms. The van der Waals surface area contributed by atoms with Gasteiger partial charge in [0.05, 0.1) is 36.3 Å². The molecule has 2 aliphatic heterocycles. The minimum atomic E-state index is -0.646. The SMILES string of the molecule is COc1cc2c(cc1OC)[C@H](c1ccccc1[N+](=O)[O-])C1=C(COC1=O)N2. The average Bonchev–Trinajstić information content (AvgIpc) is 3.05. The molecule has 0 spiro atoms. The third-order valence-electron chi connectivity index (χ3n) is 4.78. The first-order valence-electron chi connectivity index (χ1n) is 8.21. The van der Waals surface area contributed by atoms with E-state index in [0.717, 1.165) is 0 Å². The maximum atomic E-state index is 12.4. The van der Waals surface area contributed by atoms with Gasteiger partial charge < -0.3 is 19.5 Å². The summed E-state index contributed by atoms with van der Waals surface area (Å²) in [7, 11) is 3.04. The molecule has 2 aliphatic rings. The highest BCUT2D eigenvalue weighted by atomic mass is 16.6. The van der Waals surface area contributed by atoms with Crippen LogP contribution in [0, 0.1) is 10.1 Å². The molecule has 27 heavy (non-hydrogen) atoms. The number of nitro benzene ring substituents is 1. The van der Waals surface area contributed by atoms with E-state index < -0.39 is 16.8 Å². The molecule has 1 N–H and O–H groups in total. The number of hydrogen-bond acceptors (Lipinski definition) is 7. The molecule has 2 heterocycles. The summed E-state index contributed by atoms with van der Waals surface area (Å²) >= 11 is 0. The van der Waals surface area contributed by atoms with E-state index in [4.69, 9.17) is 14.2 Å². The van der Waals surface area contributed by atoms with Gasteiger partial charge in [0.1, 0.15) is 6.61 Å². The number of rotatable bonds is 4. The molecular formula is C19H16N2O6. The van der Waals surface area contributed by atoms with Gasteiger partial charge in [0.25, 0.3) is 5.69 Å². The summed E-state index contributed by atoms with van der Waals surface area (Å²) in [5.74, 6) is -0.148. The Balaban J connectivity index is 2.00. The predicted molar refractivity (Wildman–Crippen MR) is 96.1 cm³/mol. The topological polar surface area (TPSA) is 99.9 Å². The number of cyclic esters (lactones) is 1. The van der Waals surface area contributed by atoms with E-state index in [1.165, 1.54) is 20.3 Å². The number of carbonyl (C=O) groups is 1. The van der Waals surface area contributed by atoms with E-state index >= 15 is 0 Å². The van der Waals surface area contributed by atoms with Crippen molar-refractivity contribution in [2.45, 2.75) is 5.92 Å². The number of nitrogens with zero attached hydrogens (tertiary/aromatic N) is 1. The molecule has 1 atom stereocenters. The molecule has 0 unspecified atom stereocenters. The largest absolute Gasteiger partial charge is 0.493 e. The lowest BCUT2D eigenvalue weighted by Crippen LogP contribution is -2.20. The quantitative estimate of drug-likeness (QED) is 0.503. The molecule has 2 aromatic carbocycles. The molecule has 0 aliphatic carbocycles. The van der Waals surface area contributed by atoms with Gasteiger partial charge in [-0.15, -0.1) is 0 Å². The Hall–Kier alpha value is -3.55. The summed E-state index contributed by atoms with van der Waals surface area (Å²) in [5, 5.41) is 14.8. The zero-order valence-corrected chi connectivity index (χ0v) is 14.6. The van der Waals surface area contributed by atoms with Gasteiger partial charge in [-0.1, -0.05) is 18.2 Å². The monoisotopic (exact) mass is 368 g/mol. The van der Waals surface area contributed by atoms with Crippen LogP contribution in [0.1, 0.15) is 17.0 Å². The molecular weight excluding hydrogens is 352 g/mol. The second-order valence-electron chi connectivity index (χ2n) is 6.14. The van der Waals surface area contributed by atoms with Gasteiger partial charge in [-0.05, 0) is 11.6 Å². The number of methoxy groups -OCH3 is 2. The van der Waals surface area contributed by atoms with Crippen LogP contribution in [0.4, 0.5) is 11.4 Å². The lowest BCUT2D eigenvalue weighted by Gasteiger charge is -2.28. The van der Waals surface area contributed by atoms with E-state index in [1.54, 1.807) is 30.3 Å². The molecule has 8 nitrogen and oxygen atoms in total. The highest BCUT2D eigenvalue weighted by Gasteiger charge is 2.41. The fourth-order valence-corrected chi connectivity index (χ4v) is 3.59. The highest BCUT2D eigenvalue weighted by molar-refractivity contribution is 5.97. The van der Waals surface area contributed by atoms with Crippen LogP contribution in [0.15, 0.2) is 47.7 Å². The predicted octanol–water partition coefficient (Wildman–Crippen LogP) is 2.98. The third-order valence-corrected chi connectivity index (χ3v) is 4.78. The van der Waals surface area contributed by atoms with Crippen LogP contribution in [0.2, 0.25) is 0 Å². The van der Waals surface area contributed by atoms with E-state index in [0.29, 0.717) is 39.6 Å². The van der Waals surface area contributed by atoms with Crippen molar-refractivity contribution < 1.29 is 23.9 Å². The molecule has 0 bridgehead atoms. The molecule has 0 aromatic heterocycles. The summed E-state index contributed by atoms with van der Waals surface area (Å²) in [6.07, 6.45) is 0. The second-order valence-corrected chi connectivity index (χ2v) is 6.14. The van der Waals surface area contributed by atoms with Crippen LogP contribution in [0.25, 0.3) is 0 Å². The Morgan fingerprint density at radius 1 is 1.15 bits per heavy atom. The number of benzene rings is 2. The van der Waals surface area contributed by atoms with Crippen molar-refractivity contribution in [3.63, 3.8) is 0 Å². The molecule has 2 aromatic rings. The van der Waals surface area contributed by atoms with Gasteiger partial charge in [-0.3, -0.25) is 10.1 Å². The standard InChI is InChI=1S/C19H16N2O6/c1-25-15-7-11-12(8-16(15)26-2)20-13-9-27-19(22)18(13)17(11)10-5-3-4-6-14(10)21(23)24/h3-8,17,20H,9H2,1-2H3/t17-/m0/s1. The maximum Gasteiger partial charge on any atom is 0.337 e. The summed E-state index contributed by atoms with van der Waals surface area (Å²) in [4.78, 5) is 23.6. The summed E-state index contributed by atoms with van der Waals surface area (Å²) < 4.78 is 15.9. The molecule has 0 radical (unpaired) electrons. The Morgan fingerprint density at radius 3 is 2.56 bits per heavy atom. The lowest BCUT2D eigenvalue weighted by molar-refractivity contribution is -0.385. The fourth-order valence-electron chi connectivity index (χ4n) is 3.59. The summed E-state index contributed by atoms with van der Waals surface area (Å²) in [6.45, 7) is 0.0963. The number of anilines is 1. The smallest absolute Gasteiger partial charge is 0.337 e. The van der Waals surface area contributed by atoms with E-state index in [-0.39, 0.29) is 12.3 Å². The Labute approximate surface area is 154 Å². The first-order chi connectivity index (χ1) is 13.0. The van der Waals surface area contributed by atoms with Crippen LogP contribution in [0.5, 0.6) is 11.5 Å². The molecule has 0 saturated heterocycles. The molecule has 4 rings (SSSR count). The molecule has 0 amide bonds. The van der Waals surface area contributed by atoms with Crippen molar-refractivity contribution >= 4 is 17.3 Å². The van der Waals surface area contributed by atoms with Gasteiger partial charge in [0, 0.05) is 23.4 Å². The van der Waals surface area contributed by atoms with Gasteiger partial charge in [0.15, 0.2) is 11.5 Å². The molecule has 138 valence electrons.